The molecule has 1 heterocycles. The molecule has 0 aliphatic carbocycles. The van der Waals surface area contributed by atoms with Gasteiger partial charge in [-0.2, -0.15) is 0 Å². The van der Waals surface area contributed by atoms with Crippen molar-refractivity contribution in [2.24, 2.45) is 0 Å². The van der Waals surface area contributed by atoms with E-state index in [1.54, 1.807) is 17.0 Å². The van der Waals surface area contributed by atoms with Crippen LogP contribution in [-0.2, 0) is 9.59 Å². The van der Waals surface area contributed by atoms with Gasteiger partial charge in [0, 0.05) is 17.1 Å². The number of para-hydroxylation sites is 1. The highest BCUT2D eigenvalue weighted by Crippen LogP contribution is 2.34. The number of carbonyl (C=O) groups excluding carboxylic acids is 2. The summed E-state index contributed by atoms with van der Waals surface area (Å²) < 4.78 is 13.1. The predicted octanol–water partition coefficient (Wildman–Crippen LogP) is 3.32. The Morgan fingerprint density at radius 1 is 1.21 bits per heavy atom. The van der Waals surface area contributed by atoms with Gasteiger partial charge in [0.25, 0.3) is 0 Å². The summed E-state index contributed by atoms with van der Waals surface area (Å²) in [4.78, 5) is 29.1. The van der Waals surface area contributed by atoms with Gasteiger partial charge in [-0.15, -0.1) is 11.8 Å². The van der Waals surface area contributed by atoms with E-state index < -0.39 is 0 Å². The van der Waals surface area contributed by atoms with Gasteiger partial charge in [0.1, 0.15) is 12.4 Å². The Morgan fingerprint density at radius 3 is 2.62 bits per heavy atom. The molecule has 0 N–H and O–H groups in total. The highest BCUT2D eigenvalue weighted by Gasteiger charge is 2.28. The van der Waals surface area contributed by atoms with Crippen molar-refractivity contribution in [1.82, 2.24) is 0 Å². The topological polar surface area (TPSA) is 40.6 Å². The Morgan fingerprint density at radius 2 is 1.92 bits per heavy atom. The maximum atomic E-state index is 13.1. The zero-order chi connectivity index (χ0) is 17.1. The minimum Gasteiger partial charge on any atom is -0.311 e. The Kier molecular flexibility index (Phi) is 4.85. The fourth-order valence-corrected chi connectivity index (χ4v) is 3.61. The number of thioether (sulfide) groups is 1. The van der Waals surface area contributed by atoms with Gasteiger partial charge in [-0.25, -0.2) is 4.39 Å². The Bertz CT molecular complexity index is 764. The molecule has 2 amide bonds. The van der Waals surface area contributed by atoms with E-state index in [4.69, 9.17) is 0 Å². The molecule has 0 atom stereocenters. The first-order valence-corrected chi connectivity index (χ1v) is 8.67. The van der Waals surface area contributed by atoms with Crippen LogP contribution in [0.1, 0.15) is 6.92 Å². The molecule has 4 nitrogen and oxygen atoms in total. The van der Waals surface area contributed by atoms with Crippen molar-refractivity contribution < 1.29 is 14.0 Å². The van der Waals surface area contributed by atoms with Crippen LogP contribution in [0.25, 0.3) is 0 Å². The standard InChI is InChI=1S/C18H17FN2O2S/c1-2-20(14-9-7-13(19)8-10-14)17(22)11-21-15-5-3-4-6-16(15)24-12-18(21)23/h3-10H,2,11-12H2,1H3. The third-order valence-corrected chi connectivity index (χ3v) is 4.90. The van der Waals surface area contributed by atoms with Crippen molar-refractivity contribution in [3.05, 3.63) is 54.3 Å². The van der Waals surface area contributed by atoms with Crippen LogP contribution in [0.5, 0.6) is 0 Å². The lowest BCUT2D eigenvalue weighted by Crippen LogP contribution is -2.45. The minimum atomic E-state index is -0.348. The first-order chi connectivity index (χ1) is 11.6. The summed E-state index contributed by atoms with van der Waals surface area (Å²) in [7, 11) is 0. The third-order valence-electron chi connectivity index (χ3n) is 3.86. The van der Waals surface area contributed by atoms with Gasteiger partial charge in [0.15, 0.2) is 0 Å². The molecule has 3 rings (SSSR count). The molecule has 0 spiro atoms. The van der Waals surface area contributed by atoms with E-state index in [1.165, 1.54) is 28.8 Å². The number of fused-ring (bicyclic) bond motifs is 1. The summed E-state index contributed by atoms with van der Waals surface area (Å²) in [5, 5.41) is 0. The maximum Gasteiger partial charge on any atom is 0.247 e. The van der Waals surface area contributed by atoms with Crippen molar-refractivity contribution in [1.29, 1.82) is 0 Å². The Labute approximate surface area is 144 Å². The van der Waals surface area contributed by atoms with E-state index in [0.717, 1.165) is 10.6 Å². The second-order valence-electron chi connectivity index (χ2n) is 5.35. The first kappa shape index (κ1) is 16.5. The van der Waals surface area contributed by atoms with Crippen LogP contribution in [0.3, 0.4) is 0 Å². The van der Waals surface area contributed by atoms with Crippen LogP contribution in [-0.4, -0.2) is 30.7 Å². The zero-order valence-corrected chi connectivity index (χ0v) is 14.1. The van der Waals surface area contributed by atoms with Crippen LogP contribution < -0.4 is 9.80 Å². The fourth-order valence-electron chi connectivity index (χ4n) is 2.67. The van der Waals surface area contributed by atoms with Gasteiger partial charge < -0.3 is 9.80 Å². The second-order valence-corrected chi connectivity index (χ2v) is 6.37. The first-order valence-electron chi connectivity index (χ1n) is 7.68. The van der Waals surface area contributed by atoms with E-state index in [9.17, 15) is 14.0 Å². The summed E-state index contributed by atoms with van der Waals surface area (Å²) in [6, 6.07) is 13.3. The Balaban J connectivity index is 1.83. The van der Waals surface area contributed by atoms with E-state index in [0.29, 0.717) is 18.0 Å². The van der Waals surface area contributed by atoms with Crippen molar-refractivity contribution in [2.45, 2.75) is 11.8 Å². The quantitative estimate of drug-likeness (QED) is 0.854. The number of hydrogen-bond acceptors (Lipinski definition) is 3. The summed E-state index contributed by atoms with van der Waals surface area (Å²) >= 11 is 1.48. The van der Waals surface area contributed by atoms with Gasteiger partial charge in [0.05, 0.1) is 11.4 Å². The molecule has 0 aromatic heterocycles. The van der Waals surface area contributed by atoms with Crippen LogP contribution in [0.2, 0.25) is 0 Å². The van der Waals surface area contributed by atoms with E-state index in [2.05, 4.69) is 0 Å². The molecule has 0 bridgehead atoms. The van der Waals surface area contributed by atoms with E-state index >= 15 is 0 Å². The molecular weight excluding hydrogens is 327 g/mol. The third kappa shape index (κ3) is 3.28. The molecule has 0 saturated heterocycles. The number of carbonyl (C=O) groups is 2. The van der Waals surface area contributed by atoms with Gasteiger partial charge in [-0.1, -0.05) is 12.1 Å². The average molecular weight is 344 g/mol. The molecule has 2 aromatic rings. The zero-order valence-electron chi connectivity index (χ0n) is 13.2. The van der Waals surface area contributed by atoms with Crippen LogP contribution >= 0.6 is 11.8 Å². The average Bonchev–Trinajstić information content (AvgIpc) is 2.60. The number of halogens is 1. The number of amides is 2. The number of nitrogens with zero attached hydrogens (tertiary/aromatic N) is 2. The second kappa shape index (κ2) is 7.05. The molecule has 24 heavy (non-hydrogen) atoms. The summed E-state index contributed by atoms with van der Waals surface area (Å²) in [6.07, 6.45) is 0. The van der Waals surface area contributed by atoms with Crippen LogP contribution in [0, 0.1) is 5.82 Å². The Hall–Kier alpha value is -2.34. The molecular formula is C18H17FN2O2S. The number of likely N-dealkylation sites (N-methyl/N-ethyl adjacent to an activating group) is 1. The van der Waals surface area contributed by atoms with Crippen molar-refractivity contribution in [2.75, 3.05) is 28.6 Å². The summed E-state index contributed by atoms with van der Waals surface area (Å²) in [5.41, 5.74) is 1.39. The van der Waals surface area contributed by atoms with Gasteiger partial charge >= 0.3 is 0 Å². The molecule has 6 heteroatoms. The number of hydrogen-bond donors (Lipinski definition) is 0. The monoisotopic (exact) mass is 344 g/mol. The van der Waals surface area contributed by atoms with Gasteiger partial charge in [-0.05, 0) is 43.3 Å². The normalized spacial score (nSPS) is 13.6. The molecule has 0 unspecified atom stereocenters. The van der Waals surface area contributed by atoms with Crippen molar-refractivity contribution in [3.63, 3.8) is 0 Å². The summed E-state index contributed by atoms with van der Waals surface area (Å²) in [6.45, 7) is 2.27. The molecule has 0 radical (unpaired) electrons. The lowest BCUT2D eigenvalue weighted by molar-refractivity contribution is -0.121. The molecule has 1 aliphatic heterocycles. The van der Waals surface area contributed by atoms with Crippen LogP contribution in [0.4, 0.5) is 15.8 Å². The number of anilines is 2. The predicted molar refractivity (Wildman–Crippen MR) is 93.9 cm³/mol. The van der Waals surface area contributed by atoms with Crippen molar-refractivity contribution >= 4 is 35.0 Å². The molecule has 0 saturated carbocycles. The summed E-state index contributed by atoms with van der Waals surface area (Å²) in [5.74, 6) is -0.298. The van der Waals surface area contributed by atoms with Gasteiger partial charge in [-0.3, -0.25) is 9.59 Å². The van der Waals surface area contributed by atoms with E-state index in [1.807, 2.05) is 31.2 Å². The lowest BCUT2D eigenvalue weighted by atomic mass is 10.2. The van der Waals surface area contributed by atoms with Crippen molar-refractivity contribution in [3.8, 4) is 0 Å². The van der Waals surface area contributed by atoms with Crippen LogP contribution in [0.15, 0.2) is 53.4 Å². The molecule has 1 aliphatic rings. The minimum absolute atomic E-state index is 0.0262. The SMILES string of the molecule is CCN(C(=O)CN1C(=O)CSc2ccccc21)c1ccc(F)cc1. The maximum absolute atomic E-state index is 13.1. The lowest BCUT2D eigenvalue weighted by Gasteiger charge is -2.30. The highest BCUT2D eigenvalue weighted by molar-refractivity contribution is 8.00. The smallest absolute Gasteiger partial charge is 0.247 e. The highest BCUT2D eigenvalue weighted by atomic mass is 32.2. The molecule has 124 valence electrons. The molecule has 0 fully saturated rings. The fraction of sp³-hybridized carbons (Fsp3) is 0.222. The number of rotatable bonds is 4. The van der Waals surface area contributed by atoms with Gasteiger partial charge in [0.2, 0.25) is 11.8 Å². The molecule has 2 aromatic carbocycles. The van der Waals surface area contributed by atoms with E-state index in [-0.39, 0.29) is 24.2 Å². The largest absolute Gasteiger partial charge is 0.311 e. The number of benzene rings is 2.